The molecule has 0 aliphatic carbocycles. The smallest absolute Gasteiger partial charge is 0.296 e. The summed E-state index contributed by atoms with van der Waals surface area (Å²) in [6.45, 7) is 3.11. The Kier molecular flexibility index (Phi) is 16.7. The molecule has 0 amide bonds. The number of rotatable bonds is 17. The lowest BCUT2D eigenvalue weighted by Gasteiger charge is -2.16. The van der Waals surface area contributed by atoms with Crippen molar-refractivity contribution in [1.29, 1.82) is 10.5 Å². The Morgan fingerprint density at radius 3 is 1.52 bits per heavy atom. The number of nitrogens with zero attached hydrogens (tertiary/aromatic N) is 7. The summed E-state index contributed by atoms with van der Waals surface area (Å²) in [4.78, 5) is -0.750. The molecule has 0 radical (unpaired) electrons. The van der Waals surface area contributed by atoms with Crippen molar-refractivity contribution in [2.45, 2.75) is 43.2 Å². The summed E-state index contributed by atoms with van der Waals surface area (Å²) in [5.74, 6) is -0.658. The highest BCUT2D eigenvalue weighted by Gasteiger charge is 2.28. The van der Waals surface area contributed by atoms with Crippen LogP contribution in [0.1, 0.15) is 22.3 Å². The van der Waals surface area contributed by atoms with Gasteiger partial charge < -0.3 is 10.6 Å². The number of thiophene rings is 1. The van der Waals surface area contributed by atoms with Crippen molar-refractivity contribution in [2.24, 2.45) is 20.5 Å². The molecule has 27 nitrogen and oxygen atoms in total. The standard InChI is InChI=1S/C47H32Cl2N10O17S7/c1-23-3-11-30(12-4-23)78(60,61)59-26-7-5-25(6-8-26)42-35(22-51)46(77-47(42)58-55-29-15-32-33(38(18-29)80(65,66)67)19-31(79(62,63)64)20-39(32)81(68,69)70)57-56-43-24(2)34(21-50)44(52-27-9-13-36(48)40(16-27)82(71,72)73)54-45(43)53-28-10-14-37(49)41(17-28)83(74,75)76/h3-20,59H,1-2H3,(H2,52,53,54)(H,62,63,64)(H,65,66,67)(H,68,69,70)(H,71,72,73)(H,74,75,76). The van der Waals surface area contributed by atoms with Crippen molar-refractivity contribution < 1.29 is 73.3 Å². The fourth-order valence-corrected chi connectivity index (χ4v) is 13.7. The van der Waals surface area contributed by atoms with E-state index >= 15 is 0 Å². The van der Waals surface area contributed by atoms with Crippen LogP contribution in [-0.4, -0.2) is 78.3 Å². The van der Waals surface area contributed by atoms with Gasteiger partial charge in [0.1, 0.15) is 48.0 Å². The Bertz CT molecular complexity index is 4940. The van der Waals surface area contributed by atoms with Crippen molar-refractivity contribution >= 4 is 156 Å². The third kappa shape index (κ3) is 13.5. The van der Waals surface area contributed by atoms with Gasteiger partial charge >= 0.3 is 0 Å². The molecule has 8 rings (SSSR count). The number of aryl methyl sites for hydroxylation is 1. The summed E-state index contributed by atoms with van der Waals surface area (Å²) in [6, 6.07) is 23.9. The van der Waals surface area contributed by atoms with Crippen molar-refractivity contribution in [3.8, 4) is 23.3 Å². The summed E-state index contributed by atoms with van der Waals surface area (Å²) in [7, 11) is -30.2. The summed E-state index contributed by atoms with van der Waals surface area (Å²) in [5, 5.41) is 40.9. The van der Waals surface area contributed by atoms with Crippen LogP contribution in [0.3, 0.4) is 0 Å². The molecule has 0 saturated heterocycles. The number of anilines is 5. The average molecular weight is 1300 g/mol. The van der Waals surface area contributed by atoms with Crippen LogP contribution in [0, 0.1) is 36.5 Å². The van der Waals surface area contributed by atoms with E-state index in [-0.39, 0.29) is 82.1 Å². The van der Waals surface area contributed by atoms with Gasteiger partial charge in [0.05, 0.1) is 31.1 Å². The fraction of sp³-hybridized carbons (Fsp3) is 0.0426. The predicted molar refractivity (Wildman–Crippen MR) is 301 cm³/mol. The molecular formula is C47H32Cl2N10O17S7. The second kappa shape index (κ2) is 22.7. The Labute approximate surface area is 485 Å². The monoisotopic (exact) mass is 1300 g/mol. The highest BCUT2D eigenvalue weighted by atomic mass is 35.5. The van der Waals surface area contributed by atoms with Crippen LogP contribution in [-0.2, 0) is 60.6 Å². The lowest BCUT2D eigenvalue weighted by atomic mass is 10.0. The van der Waals surface area contributed by atoms with Crippen LogP contribution in [0.5, 0.6) is 0 Å². The number of azo groups is 2. The van der Waals surface area contributed by atoms with E-state index in [1.165, 1.54) is 55.5 Å². The molecule has 0 aliphatic rings. The average Bonchev–Trinajstić information content (AvgIpc) is 3.76. The molecule has 2 heterocycles. The molecule has 0 fully saturated rings. The van der Waals surface area contributed by atoms with Gasteiger partial charge in [0.2, 0.25) is 0 Å². The molecule has 2 aromatic heterocycles. The maximum absolute atomic E-state index is 13.3. The molecule has 428 valence electrons. The highest BCUT2D eigenvalue weighted by Crippen LogP contribution is 2.49. The lowest BCUT2D eigenvalue weighted by Crippen LogP contribution is -2.12. The maximum atomic E-state index is 13.3. The lowest BCUT2D eigenvalue weighted by molar-refractivity contribution is 0.478. The molecule has 0 unspecified atom stereocenters. The van der Waals surface area contributed by atoms with Gasteiger partial charge in [0.15, 0.2) is 16.6 Å². The Hall–Kier alpha value is -7.91. The Morgan fingerprint density at radius 1 is 0.506 bits per heavy atom. The molecule has 0 aliphatic heterocycles. The third-order valence-electron chi connectivity index (χ3n) is 11.5. The van der Waals surface area contributed by atoms with Crippen molar-refractivity contribution in [2.75, 3.05) is 15.4 Å². The minimum atomic E-state index is -5.46. The number of aromatic nitrogens is 1. The zero-order chi connectivity index (χ0) is 60.9. The van der Waals surface area contributed by atoms with Crippen LogP contribution in [0.25, 0.3) is 21.9 Å². The van der Waals surface area contributed by atoms with Gasteiger partial charge in [0, 0.05) is 39.0 Å². The summed E-state index contributed by atoms with van der Waals surface area (Å²) < 4.78 is 203. The molecular weight excluding hydrogens is 1270 g/mol. The normalized spacial score (nSPS) is 12.6. The predicted octanol–water partition coefficient (Wildman–Crippen LogP) is 11.0. The molecule has 36 heteroatoms. The van der Waals surface area contributed by atoms with E-state index in [4.69, 9.17) is 23.2 Å². The topological polar surface area (TPSA) is 452 Å². The van der Waals surface area contributed by atoms with Crippen molar-refractivity contribution in [1.82, 2.24) is 4.98 Å². The number of benzene rings is 6. The SMILES string of the molecule is Cc1ccc(S(=O)(=O)Nc2ccc(-c3c(N=Nc4cc(S(=O)(=O)O)c5cc(S(=O)(=O)O)cc(S(=O)(=O)O)c5c4)sc(N=Nc4c(Nc5ccc(Cl)c(S(=O)(=O)O)c5)nc(Nc5ccc(Cl)c(S(=O)(=O)O)c5)c(C#N)c4C)c3C#N)cc2)cc1. The van der Waals surface area contributed by atoms with Crippen LogP contribution < -0.4 is 15.4 Å². The van der Waals surface area contributed by atoms with Gasteiger partial charge in [-0.25, -0.2) is 13.4 Å². The molecule has 6 aromatic carbocycles. The fourth-order valence-electron chi connectivity index (χ4n) is 7.71. The van der Waals surface area contributed by atoms with E-state index in [9.17, 15) is 83.8 Å². The number of sulfonamides is 1. The first kappa shape index (κ1) is 61.2. The molecule has 0 atom stereocenters. The first-order valence-corrected chi connectivity index (χ1v) is 32.5. The number of nitrogens with one attached hydrogen (secondary N) is 3. The van der Waals surface area contributed by atoms with E-state index in [1.54, 1.807) is 19.1 Å². The highest BCUT2D eigenvalue weighted by molar-refractivity contribution is 7.92. The van der Waals surface area contributed by atoms with Gasteiger partial charge in [-0.1, -0.05) is 64.4 Å². The quantitative estimate of drug-likeness (QED) is 0.0310. The molecule has 0 spiro atoms. The van der Waals surface area contributed by atoms with E-state index in [1.807, 2.05) is 12.1 Å². The van der Waals surface area contributed by atoms with Gasteiger partial charge in [-0.2, -0.15) is 52.6 Å². The molecule has 0 saturated carbocycles. The Morgan fingerprint density at radius 2 is 1.00 bits per heavy atom. The van der Waals surface area contributed by atoms with E-state index < -0.39 is 107 Å². The van der Waals surface area contributed by atoms with Gasteiger partial charge in [-0.05, 0) is 104 Å². The van der Waals surface area contributed by atoms with Crippen molar-refractivity contribution in [3.63, 3.8) is 0 Å². The van der Waals surface area contributed by atoms with Crippen LogP contribution >= 0.6 is 34.5 Å². The van der Waals surface area contributed by atoms with E-state index in [0.29, 0.717) is 29.5 Å². The molecule has 8 N–H and O–H groups in total. The number of hydrogen-bond acceptors (Lipinski definition) is 22. The zero-order valence-electron chi connectivity index (χ0n) is 41.3. The first-order valence-electron chi connectivity index (χ1n) is 22.2. The number of hydrogen-bond donors (Lipinski definition) is 8. The molecule has 0 bridgehead atoms. The summed E-state index contributed by atoms with van der Waals surface area (Å²) in [5.41, 5.74) is -0.992. The minimum absolute atomic E-state index is 0.0282. The summed E-state index contributed by atoms with van der Waals surface area (Å²) >= 11 is 12.7. The third-order valence-corrected chi connectivity index (χ3v) is 19.2. The number of nitriles is 2. The first-order chi connectivity index (χ1) is 38.6. The van der Waals surface area contributed by atoms with Gasteiger partial charge in [-0.15, -0.1) is 20.5 Å². The van der Waals surface area contributed by atoms with Crippen molar-refractivity contribution in [3.05, 3.63) is 141 Å². The zero-order valence-corrected chi connectivity index (χ0v) is 48.5. The van der Waals surface area contributed by atoms with Gasteiger partial charge in [0.25, 0.3) is 60.6 Å². The van der Waals surface area contributed by atoms with Crippen LogP contribution in [0.15, 0.2) is 159 Å². The van der Waals surface area contributed by atoms with Crippen LogP contribution in [0.4, 0.5) is 50.1 Å². The number of pyridine rings is 1. The minimum Gasteiger partial charge on any atom is -0.339 e. The number of halogens is 2. The largest absolute Gasteiger partial charge is 0.339 e. The van der Waals surface area contributed by atoms with E-state index in [0.717, 1.165) is 35.9 Å². The number of fused-ring (bicyclic) bond motifs is 1. The second-order valence-electron chi connectivity index (χ2n) is 17.1. The second-order valence-corrected chi connectivity index (χ2v) is 27.6. The Balaban J connectivity index is 1.33. The molecule has 83 heavy (non-hydrogen) atoms. The molecule has 8 aromatic rings. The van der Waals surface area contributed by atoms with Gasteiger partial charge in [-0.3, -0.25) is 27.5 Å². The maximum Gasteiger partial charge on any atom is 0.296 e. The summed E-state index contributed by atoms with van der Waals surface area (Å²) in [6.07, 6.45) is 0. The van der Waals surface area contributed by atoms with Crippen LogP contribution in [0.2, 0.25) is 10.0 Å². The van der Waals surface area contributed by atoms with E-state index in [2.05, 4.69) is 40.8 Å².